The van der Waals surface area contributed by atoms with Gasteiger partial charge in [0, 0.05) is 0 Å². The molecule has 1 N–H and O–H groups in total. The van der Waals surface area contributed by atoms with Crippen LogP contribution >= 0.6 is 0 Å². The first-order valence-corrected chi connectivity index (χ1v) is 11.5. The van der Waals surface area contributed by atoms with Crippen LogP contribution in [0.5, 0.6) is 5.75 Å². The average molecular weight is 419 g/mol. The fourth-order valence-electron chi connectivity index (χ4n) is 2.95. The molecular formula is C22H30N2O4S. The van der Waals surface area contributed by atoms with Crippen LogP contribution in [-0.2, 0) is 14.8 Å². The number of anilines is 1. The molecule has 0 aliphatic carbocycles. The van der Waals surface area contributed by atoms with E-state index in [-0.39, 0.29) is 24.6 Å². The van der Waals surface area contributed by atoms with Crippen molar-refractivity contribution in [1.29, 1.82) is 0 Å². The van der Waals surface area contributed by atoms with Crippen molar-refractivity contribution in [1.82, 2.24) is 5.32 Å². The number of sulfonamides is 1. The molecule has 1 amide bonds. The lowest BCUT2D eigenvalue weighted by atomic mass is 10.0. The summed E-state index contributed by atoms with van der Waals surface area (Å²) in [5.41, 5.74) is 2.55. The first kappa shape index (κ1) is 22.7. The molecule has 0 heterocycles. The maximum absolute atomic E-state index is 12.7. The summed E-state index contributed by atoms with van der Waals surface area (Å²) in [6.45, 7) is 7.53. The van der Waals surface area contributed by atoms with Crippen molar-refractivity contribution in [2.75, 3.05) is 17.1 Å². The van der Waals surface area contributed by atoms with Crippen LogP contribution in [0.25, 0.3) is 0 Å². The second-order valence-corrected chi connectivity index (χ2v) is 9.28. The van der Waals surface area contributed by atoms with E-state index in [4.69, 9.17) is 4.74 Å². The van der Waals surface area contributed by atoms with Gasteiger partial charge in [-0.1, -0.05) is 36.8 Å². The van der Waals surface area contributed by atoms with Gasteiger partial charge in [-0.2, -0.15) is 0 Å². The van der Waals surface area contributed by atoms with Crippen LogP contribution in [0.3, 0.4) is 0 Å². The van der Waals surface area contributed by atoms with Gasteiger partial charge in [-0.25, -0.2) is 8.42 Å². The van der Waals surface area contributed by atoms with E-state index in [1.807, 2.05) is 52.0 Å². The zero-order valence-corrected chi connectivity index (χ0v) is 18.5. The number of rotatable bonds is 9. The smallest absolute Gasteiger partial charge is 0.241 e. The third-order valence-electron chi connectivity index (χ3n) is 4.41. The number of nitrogens with one attached hydrogen (secondary N) is 1. The Bertz CT molecular complexity index is 907. The fraction of sp³-hybridized carbons (Fsp3) is 0.409. The molecule has 0 radical (unpaired) electrons. The van der Waals surface area contributed by atoms with Crippen LogP contribution in [0, 0.1) is 6.92 Å². The molecular weight excluding hydrogens is 388 g/mol. The van der Waals surface area contributed by atoms with Crippen LogP contribution < -0.4 is 14.4 Å². The SMILES string of the molecule is CCC(NC(=O)CN(c1ccc(OC(C)C)cc1)S(C)(=O)=O)c1ccc(C)cc1. The Morgan fingerprint density at radius 3 is 2.14 bits per heavy atom. The van der Waals surface area contributed by atoms with Gasteiger partial charge in [0.05, 0.1) is 24.1 Å². The number of benzene rings is 2. The number of carbonyl (C=O) groups is 1. The molecule has 2 aromatic rings. The molecule has 2 aromatic carbocycles. The first-order chi connectivity index (χ1) is 13.6. The van der Waals surface area contributed by atoms with Crippen molar-refractivity contribution in [2.24, 2.45) is 0 Å². The summed E-state index contributed by atoms with van der Waals surface area (Å²) >= 11 is 0. The highest BCUT2D eigenvalue weighted by Gasteiger charge is 2.22. The van der Waals surface area contributed by atoms with E-state index in [9.17, 15) is 13.2 Å². The van der Waals surface area contributed by atoms with E-state index in [1.165, 1.54) is 0 Å². The monoisotopic (exact) mass is 418 g/mol. The van der Waals surface area contributed by atoms with Crippen molar-refractivity contribution >= 4 is 21.6 Å². The third-order valence-corrected chi connectivity index (χ3v) is 5.55. The minimum Gasteiger partial charge on any atom is -0.491 e. The number of nitrogens with zero attached hydrogens (tertiary/aromatic N) is 1. The summed E-state index contributed by atoms with van der Waals surface area (Å²) < 4.78 is 31.3. The fourth-order valence-corrected chi connectivity index (χ4v) is 3.81. The first-order valence-electron chi connectivity index (χ1n) is 9.70. The number of carbonyl (C=O) groups excluding carboxylic acids is 1. The van der Waals surface area contributed by atoms with E-state index >= 15 is 0 Å². The molecule has 2 rings (SSSR count). The minimum absolute atomic E-state index is 0.0189. The van der Waals surface area contributed by atoms with E-state index < -0.39 is 10.0 Å². The Morgan fingerprint density at radius 2 is 1.66 bits per heavy atom. The quantitative estimate of drug-likeness (QED) is 0.672. The molecule has 0 saturated carbocycles. The van der Waals surface area contributed by atoms with Gasteiger partial charge < -0.3 is 10.1 Å². The van der Waals surface area contributed by atoms with E-state index in [0.717, 1.165) is 21.7 Å². The zero-order chi connectivity index (χ0) is 21.6. The largest absolute Gasteiger partial charge is 0.491 e. The molecule has 6 nitrogen and oxygen atoms in total. The Hall–Kier alpha value is -2.54. The van der Waals surface area contributed by atoms with Crippen LogP contribution in [0.4, 0.5) is 5.69 Å². The molecule has 1 unspecified atom stereocenters. The third kappa shape index (κ3) is 6.78. The second kappa shape index (κ2) is 9.78. The molecule has 0 spiro atoms. The zero-order valence-electron chi connectivity index (χ0n) is 17.7. The van der Waals surface area contributed by atoms with Crippen LogP contribution in [-0.4, -0.2) is 33.2 Å². The molecule has 1 atom stereocenters. The molecule has 0 saturated heterocycles. The lowest BCUT2D eigenvalue weighted by molar-refractivity contribution is -0.120. The van der Waals surface area contributed by atoms with Crippen molar-refractivity contribution < 1.29 is 17.9 Å². The van der Waals surface area contributed by atoms with E-state index in [1.54, 1.807) is 24.3 Å². The van der Waals surface area contributed by atoms with Gasteiger partial charge in [0.25, 0.3) is 0 Å². The molecule has 0 aromatic heterocycles. The van der Waals surface area contributed by atoms with Crippen LogP contribution in [0.1, 0.15) is 44.4 Å². The molecule has 7 heteroatoms. The molecule has 0 fully saturated rings. The van der Waals surface area contributed by atoms with Crippen molar-refractivity contribution in [2.45, 2.75) is 46.3 Å². The highest BCUT2D eigenvalue weighted by atomic mass is 32.2. The van der Waals surface area contributed by atoms with Crippen molar-refractivity contribution in [3.8, 4) is 5.75 Å². The topological polar surface area (TPSA) is 75.7 Å². The van der Waals surface area contributed by atoms with Gasteiger partial charge in [0.1, 0.15) is 12.3 Å². The summed E-state index contributed by atoms with van der Waals surface area (Å²) in [5.74, 6) is 0.289. The number of hydrogen-bond acceptors (Lipinski definition) is 4. The maximum atomic E-state index is 12.7. The van der Waals surface area contributed by atoms with Gasteiger partial charge in [-0.05, 0) is 57.0 Å². The highest BCUT2D eigenvalue weighted by molar-refractivity contribution is 7.92. The number of aryl methyl sites for hydroxylation is 1. The molecule has 0 aliphatic heterocycles. The molecule has 0 bridgehead atoms. The van der Waals surface area contributed by atoms with Crippen LogP contribution in [0.2, 0.25) is 0 Å². The number of amides is 1. The lowest BCUT2D eigenvalue weighted by Crippen LogP contribution is -2.41. The standard InChI is InChI=1S/C22H30N2O4S/c1-6-21(18-9-7-17(4)8-10-18)23-22(25)15-24(29(5,26)27)19-11-13-20(14-12-19)28-16(2)3/h7-14,16,21H,6,15H2,1-5H3,(H,23,25). The minimum atomic E-state index is -3.63. The summed E-state index contributed by atoms with van der Waals surface area (Å²) in [6, 6.07) is 14.5. The van der Waals surface area contributed by atoms with E-state index in [0.29, 0.717) is 17.9 Å². The summed E-state index contributed by atoms with van der Waals surface area (Å²) in [6.07, 6.45) is 1.82. The van der Waals surface area contributed by atoms with Crippen molar-refractivity contribution in [3.63, 3.8) is 0 Å². The number of hydrogen-bond donors (Lipinski definition) is 1. The predicted molar refractivity (Wildman–Crippen MR) is 117 cm³/mol. The highest BCUT2D eigenvalue weighted by Crippen LogP contribution is 2.23. The normalized spacial score (nSPS) is 12.5. The summed E-state index contributed by atoms with van der Waals surface area (Å²) in [7, 11) is -3.63. The van der Waals surface area contributed by atoms with Crippen LogP contribution in [0.15, 0.2) is 48.5 Å². The lowest BCUT2D eigenvalue weighted by Gasteiger charge is -2.24. The summed E-state index contributed by atoms with van der Waals surface area (Å²) in [5, 5.41) is 2.94. The van der Waals surface area contributed by atoms with Gasteiger partial charge >= 0.3 is 0 Å². The Labute approximate surface area is 173 Å². The van der Waals surface area contributed by atoms with Gasteiger partial charge in [-0.3, -0.25) is 9.10 Å². The average Bonchev–Trinajstić information content (AvgIpc) is 2.64. The van der Waals surface area contributed by atoms with Gasteiger partial charge in [0.2, 0.25) is 15.9 Å². The van der Waals surface area contributed by atoms with E-state index in [2.05, 4.69) is 5.32 Å². The Kier molecular flexibility index (Phi) is 7.67. The number of ether oxygens (including phenoxy) is 1. The van der Waals surface area contributed by atoms with Gasteiger partial charge in [0.15, 0.2) is 0 Å². The Morgan fingerprint density at radius 1 is 1.07 bits per heavy atom. The molecule has 29 heavy (non-hydrogen) atoms. The summed E-state index contributed by atoms with van der Waals surface area (Å²) in [4.78, 5) is 12.7. The Balaban J connectivity index is 2.15. The maximum Gasteiger partial charge on any atom is 0.241 e. The predicted octanol–water partition coefficient (Wildman–Crippen LogP) is 3.82. The molecule has 0 aliphatic rings. The van der Waals surface area contributed by atoms with Crippen molar-refractivity contribution in [3.05, 3.63) is 59.7 Å². The van der Waals surface area contributed by atoms with Gasteiger partial charge in [-0.15, -0.1) is 0 Å². The second-order valence-electron chi connectivity index (χ2n) is 7.37. The molecule has 158 valence electrons.